The maximum absolute atomic E-state index is 11.5. The van der Waals surface area contributed by atoms with Crippen LogP contribution in [0.2, 0.25) is 0 Å². The lowest BCUT2D eigenvalue weighted by Crippen LogP contribution is -2.46. The first-order valence-corrected chi connectivity index (χ1v) is 5.17. The first-order valence-electron chi connectivity index (χ1n) is 5.17. The number of carboxylic acid groups (broad SMARTS) is 1. The molecule has 2 N–H and O–H groups in total. The van der Waals surface area contributed by atoms with E-state index in [2.05, 4.69) is 0 Å². The number of aliphatic hydroxyl groups is 1. The summed E-state index contributed by atoms with van der Waals surface area (Å²) in [7, 11) is 0. The van der Waals surface area contributed by atoms with Gasteiger partial charge in [-0.2, -0.15) is 0 Å². The molecule has 5 nitrogen and oxygen atoms in total. The number of hydrogen-bond donors (Lipinski definition) is 2. The summed E-state index contributed by atoms with van der Waals surface area (Å²) in [5.74, 6) is -1.65. The molecule has 0 aliphatic rings. The molecule has 0 aromatic heterocycles. The van der Waals surface area contributed by atoms with Crippen molar-refractivity contribution in [3.05, 3.63) is 29.8 Å². The van der Waals surface area contributed by atoms with Gasteiger partial charge in [0.15, 0.2) is 6.04 Å². The molecule has 5 heteroatoms. The zero-order valence-corrected chi connectivity index (χ0v) is 9.75. The molecule has 0 spiro atoms. The summed E-state index contributed by atoms with van der Waals surface area (Å²) in [6.45, 7) is 2.54. The Kier molecular flexibility index (Phi) is 4.23. The number of amides is 1. The van der Waals surface area contributed by atoms with Gasteiger partial charge < -0.3 is 10.2 Å². The molecular weight excluding hydrogens is 222 g/mol. The molecule has 17 heavy (non-hydrogen) atoms. The van der Waals surface area contributed by atoms with Crippen LogP contribution >= 0.6 is 0 Å². The van der Waals surface area contributed by atoms with Crippen LogP contribution < -0.4 is 4.90 Å². The van der Waals surface area contributed by atoms with Crippen LogP contribution in [-0.2, 0) is 9.59 Å². The smallest absolute Gasteiger partial charge is 0.329 e. The van der Waals surface area contributed by atoms with Gasteiger partial charge in [0.25, 0.3) is 0 Å². The lowest BCUT2D eigenvalue weighted by molar-refractivity contribution is -0.141. The summed E-state index contributed by atoms with van der Waals surface area (Å²) in [6, 6.07) is 5.61. The number of carboxylic acids is 1. The van der Waals surface area contributed by atoms with Crippen molar-refractivity contribution in [3.63, 3.8) is 0 Å². The number of benzene rings is 1. The van der Waals surface area contributed by atoms with E-state index in [-0.39, 0.29) is 0 Å². The second-order valence-electron chi connectivity index (χ2n) is 3.76. The van der Waals surface area contributed by atoms with Crippen molar-refractivity contribution >= 4 is 17.6 Å². The van der Waals surface area contributed by atoms with Crippen molar-refractivity contribution in [3.8, 4) is 0 Å². The molecule has 1 amide bonds. The summed E-state index contributed by atoms with van der Waals surface area (Å²) >= 11 is 0. The third-order valence-corrected chi connectivity index (χ3v) is 2.42. The third kappa shape index (κ3) is 3.04. The Morgan fingerprint density at radius 1 is 1.29 bits per heavy atom. The molecule has 0 heterocycles. The predicted molar refractivity (Wildman–Crippen MR) is 62.8 cm³/mol. The Hall–Kier alpha value is -1.88. The number of aryl methyl sites for hydroxylation is 1. The number of hydrogen-bond acceptors (Lipinski definition) is 3. The summed E-state index contributed by atoms with van der Waals surface area (Å²) in [5, 5.41) is 18.0. The van der Waals surface area contributed by atoms with Crippen molar-refractivity contribution < 1.29 is 19.8 Å². The molecule has 0 saturated heterocycles. The van der Waals surface area contributed by atoms with Crippen LogP contribution in [0.25, 0.3) is 0 Å². The zero-order valence-electron chi connectivity index (χ0n) is 9.75. The third-order valence-electron chi connectivity index (χ3n) is 2.42. The molecule has 1 unspecified atom stereocenters. The fraction of sp³-hybridized carbons (Fsp3) is 0.333. The van der Waals surface area contributed by atoms with E-state index in [0.29, 0.717) is 5.69 Å². The van der Waals surface area contributed by atoms with Crippen molar-refractivity contribution in [2.45, 2.75) is 19.9 Å². The highest BCUT2D eigenvalue weighted by Gasteiger charge is 2.28. The second kappa shape index (κ2) is 5.45. The number of anilines is 1. The Bertz CT molecular complexity index is 413. The standard InChI is InChI=1S/C12H15NO4/c1-8-3-5-10(6-4-8)13(9(2)15)11(7-14)12(16)17/h3-6,11,14H,7H2,1-2H3,(H,16,17). The highest BCUT2D eigenvalue weighted by Crippen LogP contribution is 2.18. The van der Waals surface area contributed by atoms with E-state index in [9.17, 15) is 9.59 Å². The molecule has 1 aromatic carbocycles. The number of rotatable bonds is 4. The Balaban J connectivity index is 3.12. The summed E-state index contributed by atoms with van der Waals surface area (Å²) in [4.78, 5) is 23.5. The topological polar surface area (TPSA) is 77.8 Å². The van der Waals surface area contributed by atoms with Crippen LogP contribution in [0, 0.1) is 6.92 Å². The normalized spacial score (nSPS) is 11.9. The van der Waals surface area contributed by atoms with Gasteiger partial charge in [0.2, 0.25) is 5.91 Å². The van der Waals surface area contributed by atoms with E-state index in [1.165, 1.54) is 6.92 Å². The molecule has 1 aromatic rings. The average molecular weight is 237 g/mol. The van der Waals surface area contributed by atoms with Crippen LogP contribution in [0.5, 0.6) is 0 Å². The lowest BCUT2D eigenvalue weighted by atomic mass is 10.1. The minimum atomic E-state index is -1.25. The summed E-state index contributed by atoms with van der Waals surface area (Å²) in [6.07, 6.45) is 0. The fourth-order valence-corrected chi connectivity index (χ4v) is 1.56. The number of nitrogens with zero attached hydrogens (tertiary/aromatic N) is 1. The van der Waals surface area contributed by atoms with E-state index >= 15 is 0 Å². The van der Waals surface area contributed by atoms with E-state index in [0.717, 1.165) is 10.5 Å². The number of aliphatic hydroxyl groups excluding tert-OH is 1. The summed E-state index contributed by atoms with van der Waals surface area (Å²) < 4.78 is 0. The second-order valence-corrected chi connectivity index (χ2v) is 3.76. The summed E-state index contributed by atoms with van der Waals surface area (Å²) in [5.41, 5.74) is 1.47. The van der Waals surface area contributed by atoms with Crippen LogP contribution in [0.15, 0.2) is 24.3 Å². The van der Waals surface area contributed by atoms with Crippen LogP contribution in [0.1, 0.15) is 12.5 Å². The molecule has 0 aliphatic heterocycles. The van der Waals surface area contributed by atoms with Gasteiger partial charge in [0.05, 0.1) is 6.61 Å². The molecular formula is C12H15NO4. The first kappa shape index (κ1) is 13.2. The van der Waals surface area contributed by atoms with Crippen LogP contribution in [-0.4, -0.2) is 34.7 Å². The maximum Gasteiger partial charge on any atom is 0.329 e. The van der Waals surface area contributed by atoms with Crippen molar-refractivity contribution in [2.24, 2.45) is 0 Å². The number of aliphatic carboxylic acids is 1. The zero-order chi connectivity index (χ0) is 13.0. The molecule has 0 saturated carbocycles. The van der Waals surface area contributed by atoms with Gasteiger partial charge in [-0.15, -0.1) is 0 Å². The highest BCUT2D eigenvalue weighted by molar-refractivity contribution is 5.97. The van der Waals surface area contributed by atoms with Crippen molar-refractivity contribution in [2.75, 3.05) is 11.5 Å². The van der Waals surface area contributed by atoms with Crippen molar-refractivity contribution in [1.29, 1.82) is 0 Å². The van der Waals surface area contributed by atoms with Gasteiger partial charge in [-0.3, -0.25) is 9.69 Å². The lowest BCUT2D eigenvalue weighted by Gasteiger charge is -2.26. The van der Waals surface area contributed by atoms with E-state index < -0.39 is 24.5 Å². The van der Waals surface area contributed by atoms with Gasteiger partial charge in [-0.1, -0.05) is 17.7 Å². The van der Waals surface area contributed by atoms with Gasteiger partial charge in [-0.25, -0.2) is 4.79 Å². The molecule has 0 bridgehead atoms. The SMILES string of the molecule is CC(=O)N(c1ccc(C)cc1)C(CO)C(=O)O. The van der Waals surface area contributed by atoms with Crippen LogP contribution in [0.3, 0.4) is 0 Å². The fourth-order valence-electron chi connectivity index (χ4n) is 1.56. The largest absolute Gasteiger partial charge is 0.480 e. The van der Waals surface area contributed by atoms with Gasteiger partial charge in [-0.05, 0) is 19.1 Å². The minimum absolute atomic E-state index is 0.421. The van der Waals surface area contributed by atoms with Crippen molar-refractivity contribution in [1.82, 2.24) is 0 Å². The van der Waals surface area contributed by atoms with Gasteiger partial charge in [0, 0.05) is 12.6 Å². The van der Waals surface area contributed by atoms with E-state index in [1.807, 2.05) is 6.92 Å². The average Bonchev–Trinajstić information content (AvgIpc) is 2.26. The Labute approximate surface area is 99.3 Å². The first-order chi connectivity index (χ1) is 7.97. The monoisotopic (exact) mass is 237 g/mol. The van der Waals surface area contributed by atoms with E-state index in [1.54, 1.807) is 24.3 Å². The molecule has 1 atom stereocenters. The number of carbonyl (C=O) groups excluding carboxylic acids is 1. The Morgan fingerprint density at radius 2 is 1.82 bits per heavy atom. The molecule has 0 radical (unpaired) electrons. The molecule has 0 fully saturated rings. The van der Waals surface area contributed by atoms with Crippen LogP contribution in [0.4, 0.5) is 5.69 Å². The minimum Gasteiger partial charge on any atom is -0.480 e. The van der Waals surface area contributed by atoms with E-state index in [4.69, 9.17) is 10.2 Å². The maximum atomic E-state index is 11.5. The molecule has 92 valence electrons. The Morgan fingerprint density at radius 3 is 2.18 bits per heavy atom. The molecule has 0 aliphatic carbocycles. The van der Waals surface area contributed by atoms with Gasteiger partial charge in [0.1, 0.15) is 0 Å². The highest BCUT2D eigenvalue weighted by atomic mass is 16.4. The van der Waals surface area contributed by atoms with Gasteiger partial charge >= 0.3 is 5.97 Å². The number of carbonyl (C=O) groups is 2. The predicted octanol–water partition coefficient (Wildman–Crippen LogP) is 0.793. The quantitative estimate of drug-likeness (QED) is 0.811. The molecule has 1 rings (SSSR count).